The molecule has 1 aliphatic rings. The van der Waals surface area contributed by atoms with Gasteiger partial charge in [-0.3, -0.25) is 28.5 Å². The zero-order valence-corrected chi connectivity index (χ0v) is 37.1. The summed E-state index contributed by atoms with van der Waals surface area (Å²) in [4.78, 5) is 81.8. The summed E-state index contributed by atoms with van der Waals surface area (Å²) in [5, 5.41) is 2.73. The number of carbonyl (C=O) groups excluding carboxylic acids is 5. The maximum Gasteiger partial charge on any atom is 0.315 e. The molecule has 1 heterocycles. The van der Waals surface area contributed by atoms with Crippen LogP contribution in [0, 0.1) is 23.7 Å². The summed E-state index contributed by atoms with van der Waals surface area (Å²) in [6, 6.07) is 17.2. The monoisotopic (exact) mass is 843 g/mol. The molecule has 15 heteroatoms. The van der Waals surface area contributed by atoms with E-state index >= 15 is 0 Å². The van der Waals surface area contributed by atoms with Gasteiger partial charge in [-0.05, 0) is 35.8 Å². The lowest BCUT2D eigenvalue weighted by Crippen LogP contribution is -2.54. The van der Waals surface area contributed by atoms with Crippen LogP contribution in [0.15, 0.2) is 60.7 Å². The summed E-state index contributed by atoms with van der Waals surface area (Å²) in [5.74, 6) is -5.42. The van der Waals surface area contributed by atoms with Crippen molar-refractivity contribution in [1.29, 1.82) is 0 Å². The Kier molecular flexibility index (Phi) is 19.7. The molecule has 0 bridgehead atoms. The molecule has 1 saturated heterocycles. The van der Waals surface area contributed by atoms with E-state index in [1.807, 2.05) is 58.0 Å². The normalized spacial score (nSPS) is 18.7. The van der Waals surface area contributed by atoms with Gasteiger partial charge < -0.3 is 39.0 Å². The average Bonchev–Trinajstić information content (AvgIpc) is 3.71. The van der Waals surface area contributed by atoms with Gasteiger partial charge in [0.2, 0.25) is 25.1 Å². The Bertz CT molecular complexity index is 1710. The number of hydrogen-bond donors (Lipinski definition) is 2. The molecule has 1 aliphatic heterocycles. The third-order valence-electron chi connectivity index (χ3n) is 11.7. The van der Waals surface area contributed by atoms with Gasteiger partial charge in [0.05, 0.1) is 56.1 Å². The molecule has 2 aromatic rings. The summed E-state index contributed by atoms with van der Waals surface area (Å²) in [6.45, 7) is 9.97. The molecular weight excluding hydrogens is 777 g/mol. The third kappa shape index (κ3) is 14.0. The SMILES string of the molecule is CC[C@H](C)[C@@H]([C@@H](CC(=O)N1CCC[C@H]1[C@H](OC)[C@@H](C)C(=O)N[C@@H](Cc1ccccc1)P(=O)(O)CC(=O)OC)OC)N(C)C(=O)[C@@H](CC(=O)OCc1ccccc1)C(C)C. The highest BCUT2D eigenvalue weighted by atomic mass is 31.2. The first-order valence-electron chi connectivity index (χ1n) is 20.5. The number of hydrogen-bond acceptors (Lipinski definition) is 10. The average molecular weight is 844 g/mol. The first-order valence-corrected chi connectivity index (χ1v) is 22.4. The molecule has 1 unspecified atom stereocenters. The van der Waals surface area contributed by atoms with E-state index < -0.39 is 73.3 Å². The molecule has 14 nitrogen and oxygen atoms in total. The number of amides is 3. The van der Waals surface area contributed by atoms with E-state index in [4.69, 9.17) is 14.2 Å². The molecule has 2 N–H and O–H groups in total. The molecule has 328 valence electrons. The predicted molar refractivity (Wildman–Crippen MR) is 224 cm³/mol. The van der Waals surface area contributed by atoms with Crippen molar-refractivity contribution < 1.29 is 52.4 Å². The molecule has 1 fully saturated rings. The summed E-state index contributed by atoms with van der Waals surface area (Å²) >= 11 is 0. The van der Waals surface area contributed by atoms with E-state index in [9.17, 15) is 33.4 Å². The van der Waals surface area contributed by atoms with E-state index in [-0.39, 0.29) is 49.5 Å². The molecular formula is C44H66N3O11P. The van der Waals surface area contributed by atoms with Crippen LogP contribution in [0.3, 0.4) is 0 Å². The number of ether oxygens (including phenoxy) is 4. The van der Waals surface area contributed by atoms with Crippen LogP contribution in [-0.4, -0.2) is 116 Å². The van der Waals surface area contributed by atoms with Crippen LogP contribution in [0.5, 0.6) is 0 Å². The maximum absolute atomic E-state index is 14.3. The molecule has 0 aromatic heterocycles. The van der Waals surface area contributed by atoms with Crippen LogP contribution in [-0.2, 0) is 60.5 Å². The van der Waals surface area contributed by atoms with Gasteiger partial charge in [0.15, 0.2) is 0 Å². The highest BCUT2D eigenvalue weighted by molar-refractivity contribution is 7.59. The lowest BCUT2D eigenvalue weighted by atomic mass is 9.87. The van der Waals surface area contributed by atoms with E-state index in [1.54, 1.807) is 54.1 Å². The minimum Gasteiger partial charge on any atom is -0.469 e. The molecule has 0 aliphatic carbocycles. The fraction of sp³-hybridized carbons (Fsp3) is 0.614. The summed E-state index contributed by atoms with van der Waals surface area (Å²) in [6.07, 6.45) is -0.483. The van der Waals surface area contributed by atoms with Crippen molar-refractivity contribution in [2.45, 2.75) is 110 Å². The number of carbonyl (C=O) groups is 5. The van der Waals surface area contributed by atoms with Gasteiger partial charge in [0.1, 0.15) is 18.6 Å². The molecule has 59 heavy (non-hydrogen) atoms. The lowest BCUT2D eigenvalue weighted by molar-refractivity contribution is -0.154. The summed E-state index contributed by atoms with van der Waals surface area (Å²) in [7, 11) is 1.51. The van der Waals surface area contributed by atoms with E-state index in [2.05, 4.69) is 10.1 Å². The first-order chi connectivity index (χ1) is 28.0. The van der Waals surface area contributed by atoms with Gasteiger partial charge in [0, 0.05) is 34.2 Å². The first kappa shape index (κ1) is 49.3. The van der Waals surface area contributed by atoms with Crippen LogP contribution in [0.4, 0.5) is 0 Å². The topological polar surface area (TPSA) is 178 Å². The smallest absolute Gasteiger partial charge is 0.315 e. The fourth-order valence-electron chi connectivity index (χ4n) is 7.94. The molecule has 0 radical (unpaired) electrons. The second kappa shape index (κ2) is 23.6. The Morgan fingerprint density at radius 1 is 0.898 bits per heavy atom. The minimum atomic E-state index is -4.29. The van der Waals surface area contributed by atoms with Gasteiger partial charge >= 0.3 is 11.9 Å². The fourth-order valence-corrected chi connectivity index (χ4v) is 9.48. The number of nitrogens with zero attached hydrogens (tertiary/aromatic N) is 2. The number of benzene rings is 2. The van der Waals surface area contributed by atoms with Crippen LogP contribution in [0.2, 0.25) is 0 Å². The zero-order chi connectivity index (χ0) is 43.9. The van der Waals surface area contributed by atoms with Gasteiger partial charge in [-0.1, -0.05) is 102 Å². The molecule has 0 spiro atoms. The molecule has 2 aromatic carbocycles. The Morgan fingerprint density at radius 2 is 1.51 bits per heavy atom. The van der Waals surface area contributed by atoms with Crippen molar-refractivity contribution >= 4 is 37.0 Å². The Balaban J connectivity index is 1.78. The Hall–Kier alpha value is -4.10. The van der Waals surface area contributed by atoms with E-state index in [0.717, 1.165) is 12.7 Å². The van der Waals surface area contributed by atoms with E-state index in [1.165, 1.54) is 14.2 Å². The predicted octanol–water partition coefficient (Wildman–Crippen LogP) is 5.44. The van der Waals surface area contributed by atoms with Crippen LogP contribution in [0.1, 0.15) is 77.8 Å². The molecule has 0 saturated carbocycles. The molecule has 3 amide bonds. The van der Waals surface area contributed by atoms with Crippen molar-refractivity contribution in [3.63, 3.8) is 0 Å². The van der Waals surface area contributed by atoms with Gasteiger partial charge in [0.25, 0.3) is 0 Å². The zero-order valence-electron chi connectivity index (χ0n) is 36.2. The number of nitrogens with one attached hydrogen (secondary N) is 1. The van der Waals surface area contributed by atoms with E-state index in [0.29, 0.717) is 31.4 Å². The van der Waals surface area contributed by atoms with Crippen molar-refractivity contribution in [3.8, 4) is 0 Å². The van der Waals surface area contributed by atoms with Crippen molar-refractivity contribution in [3.05, 3.63) is 71.8 Å². The number of likely N-dealkylation sites (N-methyl/N-ethyl adjacent to an activating group) is 1. The minimum absolute atomic E-state index is 0.00127. The number of rotatable bonds is 23. The quantitative estimate of drug-likeness (QED) is 0.108. The van der Waals surface area contributed by atoms with Crippen molar-refractivity contribution in [1.82, 2.24) is 15.1 Å². The Labute approximate surface area is 350 Å². The highest BCUT2D eigenvalue weighted by Gasteiger charge is 2.44. The number of esters is 2. The maximum atomic E-state index is 14.3. The molecule has 9 atom stereocenters. The third-order valence-corrected chi connectivity index (χ3v) is 13.7. The second-order valence-corrected chi connectivity index (χ2v) is 18.4. The number of methoxy groups -OCH3 is 3. The van der Waals surface area contributed by atoms with Crippen LogP contribution < -0.4 is 5.32 Å². The lowest BCUT2D eigenvalue weighted by Gasteiger charge is -2.40. The number of likely N-dealkylation sites (tertiary alicyclic amines) is 1. The van der Waals surface area contributed by atoms with Crippen molar-refractivity contribution in [2.75, 3.05) is 41.1 Å². The Morgan fingerprint density at radius 3 is 2.05 bits per heavy atom. The van der Waals surface area contributed by atoms with Gasteiger partial charge in [-0.25, -0.2) is 0 Å². The second-order valence-electron chi connectivity index (χ2n) is 16.0. The summed E-state index contributed by atoms with van der Waals surface area (Å²) in [5.41, 5.74) is 1.54. The molecule has 3 rings (SSSR count). The van der Waals surface area contributed by atoms with Crippen LogP contribution >= 0.6 is 7.37 Å². The van der Waals surface area contributed by atoms with Crippen molar-refractivity contribution in [2.24, 2.45) is 23.7 Å². The summed E-state index contributed by atoms with van der Waals surface area (Å²) < 4.78 is 35.6. The van der Waals surface area contributed by atoms with Gasteiger partial charge in [-0.2, -0.15) is 0 Å². The largest absolute Gasteiger partial charge is 0.469 e. The van der Waals surface area contributed by atoms with Gasteiger partial charge in [-0.15, -0.1) is 0 Å². The van der Waals surface area contributed by atoms with Crippen LogP contribution in [0.25, 0.3) is 0 Å². The standard InChI is InChI=1S/C44H66N3O11P/c1-10-30(4)41(46(6)44(52)34(29(2)3)25-39(49)58-27-33-20-15-12-16-21-33)36(55-7)26-38(48)47-23-17-22-35(47)42(57-9)31(5)43(51)45-37(24-32-18-13-11-14-19-32)59(53,54)28-40(50)56-8/h11-16,18-21,29-31,34-37,41-42H,10,17,22-28H2,1-9H3,(H,45,51)(H,53,54)/t30-,31+,34-,35-,36+,37+,41-,42+/m0/s1. The highest BCUT2D eigenvalue weighted by Crippen LogP contribution is 2.46.